The molecule has 2 heterocycles. The van der Waals surface area contributed by atoms with Gasteiger partial charge in [-0.2, -0.15) is 5.10 Å². The van der Waals surface area contributed by atoms with E-state index in [-0.39, 0.29) is 17.5 Å². The highest BCUT2D eigenvalue weighted by atomic mass is 16.4. The zero-order valence-corrected chi connectivity index (χ0v) is 16.1. The number of aromatic nitrogens is 2. The molecule has 1 N–H and O–H groups in total. The van der Waals surface area contributed by atoms with Crippen molar-refractivity contribution in [1.82, 2.24) is 9.78 Å². The lowest BCUT2D eigenvalue weighted by Crippen LogP contribution is -2.29. The van der Waals surface area contributed by atoms with Crippen LogP contribution in [0.4, 0.5) is 5.69 Å². The fourth-order valence-electron chi connectivity index (χ4n) is 3.66. The van der Waals surface area contributed by atoms with Crippen LogP contribution in [0.1, 0.15) is 31.2 Å². The third-order valence-electron chi connectivity index (χ3n) is 5.14. The van der Waals surface area contributed by atoms with Gasteiger partial charge in [-0.3, -0.25) is 9.59 Å². The van der Waals surface area contributed by atoms with E-state index >= 15 is 0 Å². The van der Waals surface area contributed by atoms with E-state index in [4.69, 9.17) is 0 Å². The number of nitrogens with zero attached hydrogens (tertiary/aromatic N) is 3. The Morgan fingerprint density at radius 2 is 1.29 bits per heavy atom. The summed E-state index contributed by atoms with van der Waals surface area (Å²) in [5.41, 5.74) is 3.14. The van der Waals surface area contributed by atoms with E-state index in [9.17, 15) is 19.5 Å². The first-order valence-corrected chi connectivity index (χ1v) is 9.51. The van der Waals surface area contributed by atoms with Gasteiger partial charge in [0.05, 0.1) is 28.2 Å². The predicted octanol–water partition coefficient (Wildman–Crippen LogP) is 4.04. The lowest BCUT2D eigenvalue weighted by atomic mass is 10.1. The molecule has 31 heavy (non-hydrogen) atoms. The van der Waals surface area contributed by atoms with Crippen molar-refractivity contribution in [2.24, 2.45) is 0 Å². The third-order valence-corrected chi connectivity index (χ3v) is 5.14. The molecular weight excluding hydrogens is 394 g/mol. The Morgan fingerprint density at radius 3 is 1.87 bits per heavy atom. The van der Waals surface area contributed by atoms with E-state index in [1.165, 1.54) is 10.7 Å². The minimum Gasteiger partial charge on any atom is -0.476 e. The van der Waals surface area contributed by atoms with Crippen molar-refractivity contribution in [3.05, 3.63) is 102 Å². The monoisotopic (exact) mass is 409 g/mol. The van der Waals surface area contributed by atoms with Crippen LogP contribution >= 0.6 is 0 Å². The molecule has 0 fully saturated rings. The van der Waals surface area contributed by atoms with E-state index in [0.29, 0.717) is 28.2 Å². The molecule has 3 aromatic carbocycles. The van der Waals surface area contributed by atoms with Crippen LogP contribution in [0.2, 0.25) is 0 Å². The molecule has 4 aromatic rings. The molecule has 0 unspecified atom stereocenters. The molecule has 7 nitrogen and oxygen atoms in total. The molecule has 7 heteroatoms. The number of anilines is 1. The molecule has 1 aliphatic heterocycles. The standard InChI is InChI=1S/C24H15N3O4/c28-22-18-8-4-5-9-19(18)23(29)26(22)16-10-12-17(13-11-16)27-21(14-20(25-27)24(30)31)15-6-2-1-3-7-15/h1-14H,(H,30,31). The van der Waals surface area contributed by atoms with E-state index in [2.05, 4.69) is 5.10 Å². The Morgan fingerprint density at radius 1 is 0.742 bits per heavy atom. The number of hydrogen-bond donors (Lipinski definition) is 1. The summed E-state index contributed by atoms with van der Waals surface area (Å²) in [6, 6.07) is 24.2. The van der Waals surface area contributed by atoms with E-state index in [0.717, 1.165) is 10.5 Å². The highest BCUT2D eigenvalue weighted by Crippen LogP contribution is 2.30. The minimum atomic E-state index is -1.13. The average molecular weight is 409 g/mol. The molecular formula is C24H15N3O4. The first-order valence-electron chi connectivity index (χ1n) is 9.51. The fraction of sp³-hybridized carbons (Fsp3) is 0. The summed E-state index contributed by atoms with van der Waals surface area (Å²) >= 11 is 0. The summed E-state index contributed by atoms with van der Waals surface area (Å²) < 4.78 is 1.53. The smallest absolute Gasteiger partial charge is 0.356 e. The Labute approximate surface area is 176 Å². The molecule has 0 aliphatic carbocycles. The molecule has 2 amide bonds. The summed E-state index contributed by atoms with van der Waals surface area (Å²) in [6.07, 6.45) is 0. The zero-order valence-electron chi connectivity index (χ0n) is 16.1. The zero-order chi connectivity index (χ0) is 21.5. The van der Waals surface area contributed by atoms with Crippen molar-refractivity contribution in [2.75, 3.05) is 4.90 Å². The molecule has 5 rings (SSSR count). The fourth-order valence-corrected chi connectivity index (χ4v) is 3.66. The van der Waals surface area contributed by atoms with Crippen LogP contribution < -0.4 is 4.90 Å². The number of carboxylic acids is 1. The van der Waals surface area contributed by atoms with Crippen LogP contribution in [0, 0.1) is 0 Å². The predicted molar refractivity (Wildman–Crippen MR) is 114 cm³/mol. The lowest BCUT2D eigenvalue weighted by Gasteiger charge is -2.15. The maximum Gasteiger partial charge on any atom is 0.356 e. The van der Waals surface area contributed by atoms with Crippen molar-refractivity contribution in [3.8, 4) is 16.9 Å². The van der Waals surface area contributed by atoms with Crippen LogP contribution in [0.25, 0.3) is 16.9 Å². The van der Waals surface area contributed by atoms with Gasteiger partial charge in [0.25, 0.3) is 11.8 Å². The molecule has 150 valence electrons. The number of carbonyl (C=O) groups is 3. The molecule has 0 saturated heterocycles. The van der Waals surface area contributed by atoms with Crippen molar-refractivity contribution in [1.29, 1.82) is 0 Å². The van der Waals surface area contributed by atoms with Crippen molar-refractivity contribution >= 4 is 23.5 Å². The summed E-state index contributed by atoms with van der Waals surface area (Å²) in [7, 11) is 0. The van der Waals surface area contributed by atoms with Crippen molar-refractivity contribution < 1.29 is 19.5 Å². The molecule has 0 radical (unpaired) electrons. The van der Waals surface area contributed by atoms with Gasteiger partial charge in [-0.15, -0.1) is 0 Å². The molecule has 0 bridgehead atoms. The summed E-state index contributed by atoms with van der Waals surface area (Å²) in [6.45, 7) is 0. The number of aromatic carboxylic acids is 1. The van der Waals surface area contributed by atoms with E-state index in [1.54, 1.807) is 48.5 Å². The van der Waals surface area contributed by atoms with E-state index < -0.39 is 5.97 Å². The molecule has 1 aromatic heterocycles. The van der Waals surface area contributed by atoms with Crippen LogP contribution in [0.15, 0.2) is 84.9 Å². The number of fused-ring (bicyclic) bond motifs is 1. The van der Waals surface area contributed by atoms with Crippen LogP contribution in [0.3, 0.4) is 0 Å². The van der Waals surface area contributed by atoms with Gasteiger partial charge in [0.1, 0.15) is 0 Å². The molecule has 0 atom stereocenters. The second kappa shape index (κ2) is 7.07. The number of hydrogen-bond acceptors (Lipinski definition) is 4. The molecule has 0 saturated carbocycles. The summed E-state index contributed by atoms with van der Waals surface area (Å²) in [4.78, 5) is 38.0. The van der Waals surface area contributed by atoms with E-state index in [1.807, 2.05) is 30.3 Å². The number of carbonyl (C=O) groups excluding carboxylic acids is 2. The van der Waals surface area contributed by atoms with Crippen LogP contribution in [-0.2, 0) is 0 Å². The number of benzene rings is 3. The largest absolute Gasteiger partial charge is 0.476 e. The highest BCUT2D eigenvalue weighted by Gasteiger charge is 2.36. The number of imide groups is 1. The Bertz CT molecular complexity index is 1310. The van der Waals surface area contributed by atoms with Crippen molar-refractivity contribution in [3.63, 3.8) is 0 Å². The quantitative estimate of drug-likeness (QED) is 0.514. The van der Waals surface area contributed by atoms with Crippen molar-refractivity contribution in [2.45, 2.75) is 0 Å². The number of rotatable bonds is 4. The lowest BCUT2D eigenvalue weighted by molar-refractivity contribution is 0.0689. The SMILES string of the molecule is O=C(O)c1cc(-c2ccccc2)n(-c2ccc(N3C(=O)c4ccccc4C3=O)cc2)n1. The number of amides is 2. The molecule has 0 spiro atoms. The Hall–Kier alpha value is -4.52. The first kappa shape index (κ1) is 18.5. The summed E-state index contributed by atoms with van der Waals surface area (Å²) in [5.74, 6) is -1.87. The third kappa shape index (κ3) is 3.00. The topological polar surface area (TPSA) is 92.5 Å². The minimum absolute atomic E-state index is 0.0803. The first-order chi connectivity index (χ1) is 15.0. The van der Waals surface area contributed by atoms with Gasteiger partial charge >= 0.3 is 5.97 Å². The second-order valence-electron chi connectivity index (χ2n) is 7.01. The van der Waals surface area contributed by atoms with Crippen LogP contribution in [-0.4, -0.2) is 32.7 Å². The van der Waals surface area contributed by atoms with Gasteiger partial charge in [0.2, 0.25) is 0 Å². The maximum atomic E-state index is 12.7. The number of carboxylic acid groups (broad SMARTS) is 1. The average Bonchev–Trinajstić information content (AvgIpc) is 3.35. The summed E-state index contributed by atoms with van der Waals surface area (Å²) in [5, 5.41) is 13.6. The van der Waals surface area contributed by atoms with Gasteiger partial charge in [0.15, 0.2) is 5.69 Å². The van der Waals surface area contributed by atoms with Crippen LogP contribution in [0.5, 0.6) is 0 Å². The second-order valence-corrected chi connectivity index (χ2v) is 7.01. The highest BCUT2D eigenvalue weighted by molar-refractivity contribution is 6.34. The van der Waals surface area contributed by atoms with Gasteiger partial charge < -0.3 is 5.11 Å². The van der Waals surface area contributed by atoms with Gasteiger partial charge in [0, 0.05) is 5.56 Å². The maximum absolute atomic E-state index is 12.7. The Kier molecular flexibility index (Phi) is 4.22. The Balaban J connectivity index is 1.54. The van der Waals surface area contributed by atoms with Gasteiger partial charge in [-0.05, 0) is 42.5 Å². The molecule has 1 aliphatic rings. The normalized spacial score (nSPS) is 12.8. The van der Waals surface area contributed by atoms with Gasteiger partial charge in [-0.1, -0.05) is 42.5 Å². The van der Waals surface area contributed by atoms with Gasteiger partial charge in [-0.25, -0.2) is 14.4 Å².